The predicted octanol–water partition coefficient (Wildman–Crippen LogP) is 2.10. The fourth-order valence-electron chi connectivity index (χ4n) is 2.17. The van der Waals surface area contributed by atoms with Crippen LogP contribution in [0.5, 0.6) is 0 Å². The Hall–Kier alpha value is -1.40. The number of carbonyl (C=O) groups excluding carboxylic acids is 1. The van der Waals surface area contributed by atoms with Crippen LogP contribution in [-0.2, 0) is 14.8 Å². The van der Waals surface area contributed by atoms with Gasteiger partial charge in [-0.05, 0) is 39.8 Å². The average Bonchev–Trinajstić information content (AvgIpc) is 2.35. The summed E-state index contributed by atoms with van der Waals surface area (Å²) in [7, 11) is -3.46. The molecule has 5 nitrogen and oxygen atoms in total. The molecule has 1 aromatic carbocycles. The van der Waals surface area contributed by atoms with Crippen molar-refractivity contribution in [3.05, 3.63) is 30.3 Å². The number of rotatable bonds is 5. The van der Waals surface area contributed by atoms with Crippen LogP contribution < -0.4 is 4.90 Å². The van der Waals surface area contributed by atoms with E-state index in [0.717, 1.165) is 11.9 Å². The summed E-state index contributed by atoms with van der Waals surface area (Å²) >= 11 is 0. The number of benzene rings is 1. The Bertz CT molecular complexity index is 577. The molecule has 0 aliphatic carbocycles. The summed E-state index contributed by atoms with van der Waals surface area (Å²) in [6.07, 6.45) is 1.13. The first-order valence-electron chi connectivity index (χ1n) is 6.90. The maximum atomic E-state index is 12.5. The Labute approximate surface area is 127 Å². The van der Waals surface area contributed by atoms with Crippen LogP contribution in [0.15, 0.2) is 30.3 Å². The molecule has 0 bridgehead atoms. The van der Waals surface area contributed by atoms with Gasteiger partial charge in [-0.25, -0.2) is 8.42 Å². The first kappa shape index (κ1) is 17.7. The van der Waals surface area contributed by atoms with Crippen LogP contribution in [0, 0.1) is 0 Å². The van der Waals surface area contributed by atoms with Crippen LogP contribution >= 0.6 is 0 Å². The molecule has 0 N–H and O–H groups in total. The summed E-state index contributed by atoms with van der Waals surface area (Å²) in [5.41, 5.74) is 0.131. The monoisotopic (exact) mass is 312 g/mol. The number of amides is 1. The summed E-state index contributed by atoms with van der Waals surface area (Å²) < 4.78 is 25.1. The number of anilines is 1. The minimum absolute atomic E-state index is 0.162. The lowest BCUT2D eigenvalue weighted by atomic mass is 10.1. The second kappa shape index (κ2) is 6.58. The Morgan fingerprint density at radius 1 is 1.14 bits per heavy atom. The van der Waals surface area contributed by atoms with Gasteiger partial charge in [0.1, 0.15) is 0 Å². The average molecular weight is 312 g/mol. The molecule has 118 valence electrons. The summed E-state index contributed by atoms with van der Waals surface area (Å²) in [6.45, 7) is 7.53. The highest BCUT2D eigenvalue weighted by Gasteiger charge is 2.32. The van der Waals surface area contributed by atoms with Crippen molar-refractivity contribution in [2.24, 2.45) is 0 Å². The molecule has 0 heterocycles. The lowest BCUT2D eigenvalue weighted by Crippen LogP contribution is -2.50. The summed E-state index contributed by atoms with van der Waals surface area (Å²) in [4.78, 5) is 14.1. The Morgan fingerprint density at radius 2 is 1.67 bits per heavy atom. The molecule has 1 amide bonds. The van der Waals surface area contributed by atoms with Gasteiger partial charge in [-0.3, -0.25) is 4.79 Å². The van der Waals surface area contributed by atoms with E-state index >= 15 is 0 Å². The Kier molecular flexibility index (Phi) is 5.53. The molecule has 0 unspecified atom stereocenters. The van der Waals surface area contributed by atoms with Gasteiger partial charge in [0.2, 0.25) is 15.9 Å². The number of hydrogen-bond donors (Lipinski definition) is 0. The fraction of sp³-hybridized carbons (Fsp3) is 0.533. The van der Waals surface area contributed by atoms with E-state index in [1.165, 1.54) is 4.31 Å². The van der Waals surface area contributed by atoms with Crippen molar-refractivity contribution in [2.45, 2.75) is 33.2 Å². The second-order valence-corrected chi connectivity index (χ2v) is 7.82. The highest BCUT2D eigenvalue weighted by Crippen LogP contribution is 2.19. The van der Waals surface area contributed by atoms with Gasteiger partial charge in [0.15, 0.2) is 0 Å². The van der Waals surface area contributed by atoms with Crippen LogP contribution in [0.1, 0.15) is 27.7 Å². The molecule has 0 atom stereocenters. The zero-order valence-corrected chi connectivity index (χ0v) is 14.1. The van der Waals surface area contributed by atoms with Gasteiger partial charge in [0.25, 0.3) is 0 Å². The molecule has 0 radical (unpaired) electrons. The normalized spacial score (nSPS) is 12.5. The van der Waals surface area contributed by atoms with Crippen molar-refractivity contribution in [2.75, 3.05) is 24.2 Å². The molecule has 1 rings (SSSR count). The van der Waals surface area contributed by atoms with Crippen LogP contribution in [0.25, 0.3) is 0 Å². The van der Waals surface area contributed by atoms with E-state index < -0.39 is 15.6 Å². The molecule has 0 saturated carbocycles. The van der Waals surface area contributed by atoms with Crippen molar-refractivity contribution in [3.63, 3.8) is 0 Å². The minimum Gasteiger partial charge on any atom is -0.312 e. The molecule has 6 heteroatoms. The van der Waals surface area contributed by atoms with Crippen molar-refractivity contribution in [3.8, 4) is 0 Å². The smallest absolute Gasteiger partial charge is 0.242 e. The quantitative estimate of drug-likeness (QED) is 0.836. The molecule has 0 aliphatic heterocycles. The van der Waals surface area contributed by atoms with Crippen LogP contribution in [-0.4, -0.2) is 43.5 Å². The van der Waals surface area contributed by atoms with Gasteiger partial charge in [-0.15, -0.1) is 0 Å². The second-order valence-electron chi connectivity index (χ2n) is 5.91. The highest BCUT2D eigenvalue weighted by atomic mass is 32.2. The highest BCUT2D eigenvalue weighted by molar-refractivity contribution is 7.88. The fourth-order valence-corrected chi connectivity index (χ4v) is 3.51. The lowest BCUT2D eigenvalue weighted by molar-refractivity contribution is -0.119. The molecular weight excluding hydrogens is 288 g/mol. The Balaban J connectivity index is 3.01. The third-order valence-corrected chi connectivity index (χ3v) is 4.59. The van der Waals surface area contributed by atoms with Crippen LogP contribution in [0.2, 0.25) is 0 Å². The van der Waals surface area contributed by atoms with E-state index in [1.54, 1.807) is 25.7 Å². The summed E-state index contributed by atoms with van der Waals surface area (Å²) in [5, 5.41) is 0. The first-order chi connectivity index (χ1) is 9.57. The van der Waals surface area contributed by atoms with Crippen LogP contribution in [0.3, 0.4) is 0 Å². The number of sulfonamides is 1. The maximum Gasteiger partial charge on any atom is 0.242 e. The SMILES string of the molecule is CCN(C(=O)CN(C(C)(C)C)S(C)(=O)=O)c1ccccc1. The molecule has 0 saturated heterocycles. The van der Waals surface area contributed by atoms with Gasteiger partial charge < -0.3 is 4.90 Å². The van der Waals surface area contributed by atoms with E-state index in [2.05, 4.69) is 0 Å². The van der Waals surface area contributed by atoms with Gasteiger partial charge in [0.05, 0.1) is 12.8 Å². The van der Waals surface area contributed by atoms with E-state index in [-0.39, 0.29) is 12.5 Å². The van der Waals surface area contributed by atoms with Gasteiger partial charge in [0, 0.05) is 17.8 Å². The van der Waals surface area contributed by atoms with Gasteiger partial charge in [-0.1, -0.05) is 18.2 Å². The third kappa shape index (κ3) is 4.82. The Morgan fingerprint density at radius 3 is 2.05 bits per heavy atom. The zero-order valence-electron chi connectivity index (χ0n) is 13.3. The predicted molar refractivity (Wildman–Crippen MR) is 85.8 cm³/mol. The topological polar surface area (TPSA) is 57.7 Å². The molecule has 0 aliphatic rings. The van der Waals surface area contributed by atoms with Crippen molar-refractivity contribution < 1.29 is 13.2 Å². The van der Waals surface area contributed by atoms with Crippen molar-refractivity contribution >= 4 is 21.6 Å². The van der Waals surface area contributed by atoms with Crippen molar-refractivity contribution in [1.29, 1.82) is 0 Å². The number of hydrogen-bond acceptors (Lipinski definition) is 3. The molecule has 21 heavy (non-hydrogen) atoms. The minimum atomic E-state index is -3.46. The van der Waals surface area contributed by atoms with Crippen LogP contribution in [0.4, 0.5) is 5.69 Å². The number of carbonyl (C=O) groups is 1. The standard InChI is InChI=1S/C15H24N2O3S/c1-6-16(13-10-8-7-9-11-13)14(18)12-17(15(2,3)4)21(5,19)20/h7-11H,6,12H2,1-5H3. The van der Waals surface area contributed by atoms with E-state index in [4.69, 9.17) is 0 Å². The number of para-hydroxylation sites is 1. The van der Waals surface area contributed by atoms with E-state index in [1.807, 2.05) is 37.3 Å². The molecule has 1 aromatic rings. The molecule has 0 aromatic heterocycles. The van der Waals surface area contributed by atoms with E-state index in [9.17, 15) is 13.2 Å². The summed E-state index contributed by atoms with van der Waals surface area (Å²) in [5.74, 6) is -0.232. The van der Waals surface area contributed by atoms with Crippen molar-refractivity contribution in [1.82, 2.24) is 4.31 Å². The third-order valence-electron chi connectivity index (χ3n) is 3.11. The first-order valence-corrected chi connectivity index (χ1v) is 8.75. The lowest BCUT2D eigenvalue weighted by Gasteiger charge is -2.34. The molecular formula is C15H24N2O3S. The van der Waals surface area contributed by atoms with E-state index in [0.29, 0.717) is 6.54 Å². The zero-order chi connectivity index (χ0) is 16.3. The largest absolute Gasteiger partial charge is 0.312 e. The summed E-state index contributed by atoms with van der Waals surface area (Å²) in [6, 6.07) is 9.25. The number of likely N-dealkylation sites (N-methyl/N-ethyl adjacent to an activating group) is 1. The van der Waals surface area contributed by atoms with Gasteiger partial charge in [-0.2, -0.15) is 4.31 Å². The molecule has 0 spiro atoms. The maximum absolute atomic E-state index is 12.5. The number of nitrogens with zero attached hydrogens (tertiary/aromatic N) is 2. The van der Waals surface area contributed by atoms with Gasteiger partial charge >= 0.3 is 0 Å². The molecule has 0 fully saturated rings.